The number of ether oxygens (including phenoxy) is 3. The Morgan fingerprint density at radius 3 is 1.30 bits per heavy atom. The summed E-state index contributed by atoms with van der Waals surface area (Å²) in [5.74, 6) is 3.55. The van der Waals surface area contributed by atoms with Crippen molar-refractivity contribution in [2.24, 2.45) is 11.8 Å². The maximum absolute atomic E-state index is 12.7. The number of ketones is 2. The number of likely N-dealkylation sites (tertiary alicyclic amines) is 3. The molecular weight excluding hydrogens is 939 g/mol. The number of carbonyl (C=O) groups excluding carboxylic acids is 2. The van der Waals surface area contributed by atoms with Gasteiger partial charge in [0, 0.05) is 73.8 Å². The number of phenols is 3. The van der Waals surface area contributed by atoms with E-state index in [1.54, 1.807) is 18.2 Å². The van der Waals surface area contributed by atoms with E-state index in [1.807, 2.05) is 24.3 Å². The predicted molar refractivity (Wildman–Crippen MR) is 271 cm³/mol. The molecule has 8 fully saturated rings. The molecular formula is C60H69N3O11. The van der Waals surface area contributed by atoms with Crippen LogP contribution in [0, 0.1) is 11.8 Å². The van der Waals surface area contributed by atoms with Crippen LogP contribution in [0.25, 0.3) is 0 Å². The van der Waals surface area contributed by atoms with Crippen LogP contribution in [0.3, 0.4) is 0 Å². The van der Waals surface area contributed by atoms with Gasteiger partial charge in [0.15, 0.2) is 58.3 Å². The second kappa shape index (κ2) is 15.4. The van der Waals surface area contributed by atoms with Crippen molar-refractivity contribution in [1.82, 2.24) is 14.7 Å². The lowest BCUT2D eigenvalue weighted by Crippen LogP contribution is -2.76. The quantitative estimate of drug-likeness (QED) is 0.174. The second-order valence-electron chi connectivity index (χ2n) is 25.2. The highest BCUT2D eigenvalue weighted by Crippen LogP contribution is 2.69. The van der Waals surface area contributed by atoms with E-state index in [0.29, 0.717) is 55.8 Å². The first-order chi connectivity index (χ1) is 35.6. The normalized spacial score (nSPS) is 40.7. The molecule has 0 amide bonds. The molecule has 3 aromatic carbocycles. The monoisotopic (exact) mass is 1010 g/mol. The molecule has 3 aromatic rings. The zero-order chi connectivity index (χ0) is 50.6. The van der Waals surface area contributed by atoms with E-state index in [2.05, 4.69) is 27.9 Å². The SMILES string of the molecule is C=C1CC[C@@]2(O)[C@H]3Cc4ccc(O)c5c4[C@@]2(CCN3CC2CC2)[C@H]1O5.C=CCN1CC[C@]23c4c5ccc(O)c4O[C@H]2C(=O)CC[C@@]3(O)[C@H]1C5.O=C1CC[C@@]2(O)[C@H]3Cc4ccc(O)c5c4[C@@]2(CCN3CC2CC2)[C@H]1O5. The minimum Gasteiger partial charge on any atom is -0.504 e. The molecule has 3 spiro atoms. The largest absolute Gasteiger partial charge is 0.504 e. The number of phenolic OH excluding ortho intramolecular Hbond substituents is 3. The molecule has 14 aliphatic rings. The standard InChI is InChI=1S/C21H25NO3.C20H23NO4.C19H21NO4/c1-12-6-7-21(24)16-10-14-4-5-15(23)18-17(14)20(21,19(12)25-18)8-9-22(16)11-13-2-3-13;22-13-4-3-12-9-15-20(24)6-5-14(23)18-19(20,16(12)17(13)25-18)7-8-21(15)10-11-1-2-11;1-2-8-20-9-7-18-15-11-3-4-12(21)16(15)24-17(18)13(22)5-6-19(18,23)14(20)10-11/h4-5,13,16,19,23-24H,1-3,6-11H2;3-4,11,15,18,22,24H,1-2,5-10H2;2-4,14,17,21,23H,1,5-10H2/t16-,19+,20+,21-;15-,18+,19+,20-;14-,17+,18+,19-/m111/s1. The Bertz CT molecular complexity index is 2870. The predicted octanol–water partition coefficient (Wildman–Crippen LogP) is 5.34. The van der Waals surface area contributed by atoms with Crippen LogP contribution in [-0.2, 0) is 45.1 Å². The van der Waals surface area contributed by atoms with Gasteiger partial charge >= 0.3 is 0 Å². The van der Waals surface area contributed by atoms with Crippen LogP contribution in [0.4, 0.5) is 0 Å². The van der Waals surface area contributed by atoms with Crippen LogP contribution < -0.4 is 14.2 Å². The van der Waals surface area contributed by atoms with Gasteiger partial charge in [-0.25, -0.2) is 0 Å². The fourth-order valence-electron chi connectivity index (χ4n) is 18.5. The third-order valence-corrected chi connectivity index (χ3v) is 22.0. The number of hydrogen-bond donors (Lipinski definition) is 6. The average Bonchev–Trinajstić information content (AvgIpc) is 4.32. The van der Waals surface area contributed by atoms with E-state index in [-0.39, 0.29) is 53.0 Å². The first kappa shape index (κ1) is 46.4. The number of Topliss-reactive ketones (excluding diaryl/α,β-unsaturated/α-hetero) is 2. The van der Waals surface area contributed by atoms with E-state index >= 15 is 0 Å². The van der Waals surface area contributed by atoms with E-state index in [9.17, 15) is 40.2 Å². The van der Waals surface area contributed by atoms with E-state index in [4.69, 9.17) is 14.2 Å². The van der Waals surface area contributed by atoms with Crippen LogP contribution in [0.1, 0.15) is 117 Å². The van der Waals surface area contributed by atoms with Crippen LogP contribution in [-0.4, -0.2) is 149 Å². The van der Waals surface area contributed by atoms with E-state index < -0.39 is 45.3 Å². The van der Waals surface area contributed by atoms with Gasteiger partial charge in [0.25, 0.3) is 0 Å². The highest BCUT2D eigenvalue weighted by molar-refractivity contribution is 5.91. The summed E-state index contributed by atoms with van der Waals surface area (Å²) in [6, 6.07) is 11.2. The zero-order valence-corrected chi connectivity index (χ0v) is 42.2. The lowest BCUT2D eigenvalue weighted by atomic mass is 9.48. The second-order valence-corrected chi connectivity index (χ2v) is 25.2. The van der Waals surface area contributed by atoms with Crippen molar-refractivity contribution in [3.8, 4) is 34.5 Å². The maximum atomic E-state index is 12.7. The van der Waals surface area contributed by atoms with Crippen LogP contribution >= 0.6 is 0 Å². The molecule has 12 atom stereocenters. The molecule has 6 N–H and O–H groups in total. The summed E-state index contributed by atoms with van der Waals surface area (Å²) >= 11 is 0. The number of nitrogens with zero attached hydrogens (tertiary/aromatic N) is 3. The van der Waals surface area contributed by atoms with Gasteiger partial charge < -0.3 is 44.8 Å². The molecule has 6 bridgehead atoms. The Morgan fingerprint density at radius 1 is 0.527 bits per heavy atom. The van der Waals surface area contributed by atoms with Crippen molar-refractivity contribution < 1.29 is 54.4 Å². The molecule has 0 aromatic heterocycles. The van der Waals surface area contributed by atoms with Gasteiger partial charge in [-0.05, 0) is 155 Å². The molecule has 6 heterocycles. The fourth-order valence-corrected chi connectivity index (χ4v) is 18.5. The third-order valence-electron chi connectivity index (χ3n) is 22.0. The maximum Gasteiger partial charge on any atom is 0.174 e. The van der Waals surface area contributed by atoms with Gasteiger partial charge in [0.1, 0.15) is 6.10 Å². The number of rotatable bonds is 6. The first-order valence-electron chi connectivity index (χ1n) is 27.9. The third kappa shape index (κ3) is 5.62. The molecule has 8 aliphatic carbocycles. The Kier molecular flexibility index (Phi) is 9.63. The topological polar surface area (TPSA) is 193 Å². The summed E-state index contributed by atoms with van der Waals surface area (Å²) in [5.41, 5.74) is 2.92. The van der Waals surface area contributed by atoms with E-state index in [0.717, 1.165) is 123 Å². The van der Waals surface area contributed by atoms with Gasteiger partial charge in [0.2, 0.25) is 0 Å². The fraction of sp³-hybridized carbons (Fsp3) is 0.600. The van der Waals surface area contributed by atoms with Crippen molar-refractivity contribution in [2.75, 3.05) is 39.3 Å². The highest BCUT2D eigenvalue weighted by atomic mass is 16.5. The molecule has 74 heavy (non-hydrogen) atoms. The molecule has 0 unspecified atom stereocenters. The molecule has 0 radical (unpaired) electrons. The van der Waals surface area contributed by atoms with Crippen molar-refractivity contribution in [3.05, 3.63) is 94.6 Å². The molecule has 14 heteroatoms. The average molecular weight is 1010 g/mol. The molecule has 3 saturated heterocycles. The zero-order valence-electron chi connectivity index (χ0n) is 42.2. The van der Waals surface area contributed by atoms with Gasteiger partial charge in [-0.2, -0.15) is 0 Å². The molecule has 14 nitrogen and oxygen atoms in total. The van der Waals surface area contributed by atoms with Gasteiger partial charge in [-0.15, -0.1) is 6.58 Å². The lowest BCUT2D eigenvalue weighted by molar-refractivity contribution is -0.188. The number of benzene rings is 3. The smallest absolute Gasteiger partial charge is 0.174 e. The number of carbonyl (C=O) groups is 2. The Balaban J connectivity index is 0.0000000981. The van der Waals surface area contributed by atoms with Crippen LogP contribution in [0.15, 0.2) is 61.2 Å². The Hall–Kier alpha value is -4.96. The summed E-state index contributed by atoms with van der Waals surface area (Å²) < 4.78 is 18.3. The molecule has 17 rings (SSSR count). The Morgan fingerprint density at radius 2 is 0.892 bits per heavy atom. The number of hydrogen-bond acceptors (Lipinski definition) is 14. The van der Waals surface area contributed by atoms with Crippen molar-refractivity contribution in [3.63, 3.8) is 0 Å². The van der Waals surface area contributed by atoms with E-state index in [1.165, 1.54) is 31.2 Å². The van der Waals surface area contributed by atoms with Gasteiger partial charge in [-0.3, -0.25) is 24.3 Å². The minimum absolute atomic E-state index is 0.0408. The summed E-state index contributed by atoms with van der Waals surface area (Å²) in [5, 5.41) is 66.9. The minimum atomic E-state index is -1.00. The molecule has 5 saturated carbocycles. The molecule has 390 valence electrons. The summed E-state index contributed by atoms with van der Waals surface area (Å²) in [4.78, 5) is 32.7. The summed E-state index contributed by atoms with van der Waals surface area (Å²) in [6.45, 7) is 13.7. The van der Waals surface area contributed by atoms with Crippen LogP contribution in [0.5, 0.6) is 34.5 Å². The Labute approximate surface area is 431 Å². The van der Waals surface area contributed by atoms with Crippen molar-refractivity contribution in [2.45, 2.75) is 172 Å². The number of aromatic hydroxyl groups is 3. The number of piperidine rings is 3. The van der Waals surface area contributed by atoms with Crippen molar-refractivity contribution in [1.29, 1.82) is 0 Å². The van der Waals surface area contributed by atoms with Gasteiger partial charge in [-0.1, -0.05) is 30.9 Å². The molecule has 6 aliphatic heterocycles. The van der Waals surface area contributed by atoms with Crippen molar-refractivity contribution >= 4 is 11.6 Å². The van der Waals surface area contributed by atoms with Crippen LogP contribution in [0.2, 0.25) is 0 Å². The highest BCUT2D eigenvalue weighted by Gasteiger charge is 2.76. The lowest BCUT2D eigenvalue weighted by Gasteiger charge is -2.63. The first-order valence-corrected chi connectivity index (χ1v) is 27.9. The summed E-state index contributed by atoms with van der Waals surface area (Å²) in [7, 11) is 0. The summed E-state index contributed by atoms with van der Waals surface area (Å²) in [6.07, 6.45) is 13.5. The number of aliphatic hydroxyl groups is 3. The van der Waals surface area contributed by atoms with Gasteiger partial charge in [0.05, 0.1) is 33.0 Å².